The standard InChI is InChI=1S/C20H25N5O/c1-14-2-4-16(5-3-14)12-25-9-8-17(20(25)26)24-19-10-18(22-13-23-19)21-11-15-6-7-15/h2-5,10,13,15,17H,6-9,11-12H2,1H3,(H2,21,22,23,24). The first-order valence-electron chi connectivity index (χ1n) is 9.34. The van der Waals surface area contributed by atoms with Crippen molar-refractivity contribution in [1.82, 2.24) is 14.9 Å². The van der Waals surface area contributed by atoms with Crippen molar-refractivity contribution in [2.45, 2.75) is 38.8 Å². The molecule has 1 amide bonds. The predicted molar refractivity (Wildman–Crippen MR) is 102 cm³/mol. The fourth-order valence-electron chi connectivity index (χ4n) is 3.23. The van der Waals surface area contributed by atoms with Crippen molar-refractivity contribution in [2.24, 2.45) is 5.92 Å². The van der Waals surface area contributed by atoms with Crippen molar-refractivity contribution >= 4 is 17.5 Å². The number of aromatic nitrogens is 2. The highest BCUT2D eigenvalue weighted by Crippen LogP contribution is 2.28. The van der Waals surface area contributed by atoms with Crippen LogP contribution < -0.4 is 10.6 Å². The minimum Gasteiger partial charge on any atom is -0.370 e. The molecule has 136 valence electrons. The number of nitrogens with zero attached hydrogens (tertiary/aromatic N) is 3. The van der Waals surface area contributed by atoms with Gasteiger partial charge in [-0.3, -0.25) is 4.79 Å². The molecule has 4 rings (SSSR count). The molecule has 1 saturated heterocycles. The zero-order chi connectivity index (χ0) is 17.9. The molecule has 0 bridgehead atoms. The molecule has 6 heteroatoms. The molecule has 1 aliphatic carbocycles. The zero-order valence-corrected chi connectivity index (χ0v) is 15.1. The summed E-state index contributed by atoms with van der Waals surface area (Å²) in [6.45, 7) is 4.46. The molecular formula is C20H25N5O. The second kappa shape index (κ2) is 7.32. The van der Waals surface area contributed by atoms with E-state index in [1.165, 1.54) is 18.4 Å². The first-order valence-corrected chi connectivity index (χ1v) is 9.34. The van der Waals surface area contributed by atoms with Crippen LogP contribution in [0.2, 0.25) is 0 Å². The van der Waals surface area contributed by atoms with Crippen LogP contribution in [-0.2, 0) is 11.3 Å². The number of carbonyl (C=O) groups excluding carboxylic acids is 1. The maximum absolute atomic E-state index is 12.7. The van der Waals surface area contributed by atoms with Gasteiger partial charge in [0.2, 0.25) is 5.91 Å². The molecule has 1 saturated carbocycles. The van der Waals surface area contributed by atoms with E-state index >= 15 is 0 Å². The van der Waals surface area contributed by atoms with Crippen molar-refractivity contribution in [3.05, 3.63) is 47.8 Å². The molecule has 2 aliphatic rings. The third-order valence-electron chi connectivity index (χ3n) is 5.05. The molecule has 26 heavy (non-hydrogen) atoms. The van der Waals surface area contributed by atoms with E-state index in [1.807, 2.05) is 11.0 Å². The minimum atomic E-state index is -0.216. The van der Waals surface area contributed by atoms with Crippen LogP contribution in [0.15, 0.2) is 36.7 Å². The van der Waals surface area contributed by atoms with Gasteiger partial charge in [-0.15, -0.1) is 0 Å². The van der Waals surface area contributed by atoms with Gasteiger partial charge >= 0.3 is 0 Å². The highest BCUT2D eigenvalue weighted by molar-refractivity contribution is 5.86. The molecule has 1 aliphatic heterocycles. The molecular weight excluding hydrogens is 326 g/mol. The van der Waals surface area contributed by atoms with Gasteiger partial charge in [0, 0.05) is 25.7 Å². The number of rotatable bonds is 7. The van der Waals surface area contributed by atoms with Crippen LogP contribution >= 0.6 is 0 Å². The Bertz CT molecular complexity index is 772. The number of aryl methyl sites for hydroxylation is 1. The van der Waals surface area contributed by atoms with E-state index < -0.39 is 0 Å². The number of likely N-dealkylation sites (tertiary alicyclic amines) is 1. The first-order chi connectivity index (χ1) is 12.7. The van der Waals surface area contributed by atoms with Crippen molar-refractivity contribution in [2.75, 3.05) is 23.7 Å². The maximum Gasteiger partial charge on any atom is 0.245 e. The monoisotopic (exact) mass is 351 g/mol. The van der Waals surface area contributed by atoms with Gasteiger partial charge in [0.25, 0.3) is 0 Å². The van der Waals surface area contributed by atoms with Crippen molar-refractivity contribution in [1.29, 1.82) is 0 Å². The summed E-state index contributed by atoms with van der Waals surface area (Å²) in [4.78, 5) is 23.1. The zero-order valence-electron chi connectivity index (χ0n) is 15.1. The van der Waals surface area contributed by atoms with Crippen LogP contribution in [0.25, 0.3) is 0 Å². The summed E-state index contributed by atoms with van der Waals surface area (Å²) in [5.74, 6) is 2.44. The van der Waals surface area contributed by atoms with Gasteiger partial charge in [-0.1, -0.05) is 29.8 Å². The number of nitrogens with one attached hydrogen (secondary N) is 2. The summed E-state index contributed by atoms with van der Waals surface area (Å²) in [7, 11) is 0. The lowest BCUT2D eigenvalue weighted by molar-refractivity contribution is -0.128. The topological polar surface area (TPSA) is 70.2 Å². The van der Waals surface area contributed by atoms with Gasteiger partial charge in [-0.2, -0.15) is 0 Å². The van der Waals surface area contributed by atoms with Crippen molar-refractivity contribution in [3.8, 4) is 0 Å². The van der Waals surface area contributed by atoms with Gasteiger partial charge in [-0.25, -0.2) is 9.97 Å². The van der Waals surface area contributed by atoms with Gasteiger partial charge in [0.15, 0.2) is 0 Å². The second-order valence-electron chi connectivity index (χ2n) is 7.34. The average molecular weight is 351 g/mol. The molecule has 1 aromatic carbocycles. The van der Waals surface area contributed by atoms with Gasteiger partial charge in [0.05, 0.1) is 0 Å². The minimum absolute atomic E-state index is 0.136. The summed E-state index contributed by atoms with van der Waals surface area (Å²) in [5, 5.41) is 6.62. The number of anilines is 2. The van der Waals surface area contributed by atoms with E-state index in [2.05, 4.69) is 51.8 Å². The third kappa shape index (κ3) is 4.12. The molecule has 2 aromatic rings. The largest absolute Gasteiger partial charge is 0.370 e. The summed E-state index contributed by atoms with van der Waals surface area (Å²) in [6, 6.07) is 10.0. The van der Waals surface area contributed by atoms with Crippen LogP contribution in [0.1, 0.15) is 30.4 Å². The van der Waals surface area contributed by atoms with Gasteiger partial charge in [-0.05, 0) is 37.7 Å². The quantitative estimate of drug-likeness (QED) is 0.803. The molecule has 2 fully saturated rings. The van der Waals surface area contributed by atoms with Crippen LogP contribution in [0.3, 0.4) is 0 Å². The fourth-order valence-corrected chi connectivity index (χ4v) is 3.23. The lowest BCUT2D eigenvalue weighted by atomic mass is 10.1. The van der Waals surface area contributed by atoms with E-state index in [-0.39, 0.29) is 11.9 Å². The molecule has 0 spiro atoms. The van der Waals surface area contributed by atoms with E-state index in [9.17, 15) is 4.79 Å². The van der Waals surface area contributed by atoms with Crippen LogP contribution in [-0.4, -0.2) is 39.9 Å². The van der Waals surface area contributed by atoms with Crippen molar-refractivity contribution in [3.63, 3.8) is 0 Å². The number of benzene rings is 1. The Morgan fingerprint density at radius 2 is 1.88 bits per heavy atom. The second-order valence-corrected chi connectivity index (χ2v) is 7.34. The first kappa shape index (κ1) is 16.8. The van der Waals surface area contributed by atoms with E-state index in [1.54, 1.807) is 6.33 Å². The number of carbonyl (C=O) groups is 1. The fraction of sp³-hybridized carbons (Fsp3) is 0.450. The summed E-state index contributed by atoms with van der Waals surface area (Å²) in [5.41, 5.74) is 2.40. The van der Waals surface area contributed by atoms with Crippen LogP contribution in [0.4, 0.5) is 11.6 Å². The van der Waals surface area contributed by atoms with Crippen LogP contribution in [0.5, 0.6) is 0 Å². The molecule has 2 heterocycles. The Morgan fingerprint density at radius 1 is 1.12 bits per heavy atom. The lowest BCUT2D eigenvalue weighted by Crippen LogP contribution is -2.33. The van der Waals surface area contributed by atoms with E-state index in [0.717, 1.165) is 36.8 Å². The molecule has 0 radical (unpaired) electrons. The smallest absolute Gasteiger partial charge is 0.245 e. The maximum atomic E-state index is 12.7. The normalized spacial score (nSPS) is 19.7. The molecule has 1 unspecified atom stereocenters. The summed E-state index contributed by atoms with van der Waals surface area (Å²) < 4.78 is 0. The SMILES string of the molecule is Cc1ccc(CN2CCC(Nc3cc(NCC4CC4)ncn3)C2=O)cc1. The van der Waals surface area contributed by atoms with Crippen molar-refractivity contribution < 1.29 is 4.79 Å². The van der Waals surface area contributed by atoms with Crippen LogP contribution in [0, 0.1) is 12.8 Å². The molecule has 1 aromatic heterocycles. The Hall–Kier alpha value is -2.63. The molecule has 6 nitrogen and oxygen atoms in total. The predicted octanol–water partition coefficient (Wildman–Crippen LogP) is 2.82. The number of hydrogen-bond donors (Lipinski definition) is 2. The summed E-state index contributed by atoms with van der Waals surface area (Å²) >= 11 is 0. The Morgan fingerprint density at radius 3 is 2.65 bits per heavy atom. The third-order valence-corrected chi connectivity index (χ3v) is 5.05. The number of amides is 1. The molecule has 2 N–H and O–H groups in total. The van der Waals surface area contributed by atoms with Gasteiger partial charge < -0.3 is 15.5 Å². The van der Waals surface area contributed by atoms with E-state index in [4.69, 9.17) is 0 Å². The highest BCUT2D eigenvalue weighted by Gasteiger charge is 2.31. The highest BCUT2D eigenvalue weighted by atomic mass is 16.2. The van der Waals surface area contributed by atoms with Gasteiger partial charge in [0.1, 0.15) is 24.0 Å². The number of hydrogen-bond acceptors (Lipinski definition) is 5. The Balaban J connectivity index is 1.34. The Labute approximate surface area is 154 Å². The summed E-state index contributed by atoms with van der Waals surface area (Å²) in [6.07, 6.45) is 4.94. The van der Waals surface area contributed by atoms with E-state index in [0.29, 0.717) is 12.4 Å². The molecule has 1 atom stereocenters. The lowest BCUT2D eigenvalue weighted by Gasteiger charge is -2.18. The average Bonchev–Trinajstić information content (AvgIpc) is 3.42. The Kier molecular flexibility index (Phi) is 4.73.